The summed E-state index contributed by atoms with van der Waals surface area (Å²) in [6, 6.07) is 18.5. The number of ether oxygens (including phenoxy) is 2. The van der Waals surface area contributed by atoms with Crippen LogP contribution < -0.4 is 9.47 Å². The molecule has 2 aliphatic rings. The molecule has 4 nitrogen and oxygen atoms in total. The van der Waals surface area contributed by atoms with Gasteiger partial charge in [0.1, 0.15) is 11.5 Å². The van der Waals surface area contributed by atoms with Crippen LogP contribution >= 0.6 is 0 Å². The summed E-state index contributed by atoms with van der Waals surface area (Å²) in [7, 11) is 0. The van der Waals surface area contributed by atoms with Crippen LogP contribution in [0.15, 0.2) is 60.7 Å². The average Bonchev–Trinajstić information content (AvgIpc) is 2.74. The van der Waals surface area contributed by atoms with E-state index in [0.29, 0.717) is 23.3 Å². The number of carbonyl (C=O) groups excluding carboxylic acids is 2. The molecular formula is C24H26O4. The van der Waals surface area contributed by atoms with Crippen LogP contribution in [0.1, 0.15) is 38.5 Å². The van der Waals surface area contributed by atoms with E-state index in [1.807, 2.05) is 48.5 Å². The van der Waals surface area contributed by atoms with E-state index in [0.717, 1.165) is 38.5 Å². The normalized spacial score (nSPS) is 26.7. The number of esters is 2. The van der Waals surface area contributed by atoms with E-state index in [2.05, 4.69) is 0 Å². The molecule has 0 aromatic heterocycles. The number of rotatable bonds is 4. The Morgan fingerprint density at radius 2 is 1.32 bits per heavy atom. The minimum Gasteiger partial charge on any atom is -0.426 e. The first-order valence-electron chi connectivity index (χ1n) is 10.2. The topological polar surface area (TPSA) is 52.6 Å². The Hall–Kier alpha value is -2.62. The Kier molecular flexibility index (Phi) is 5.75. The van der Waals surface area contributed by atoms with Crippen molar-refractivity contribution >= 4 is 11.9 Å². The Morgan fingerprint density at radius 1 is 0.714 bits per heavy atom. The van der Waals surface area contributed by atoms with E-state index < -0.39 is 0 Å². The van der Waals surface area contributed by atoms with Crippen LogP contribution in [0.3, 0.4) is 0 Å². The van der Waals surface area contributed by atoms with Crippen molar-refractivity contribution in [3.8, 4) is 11.5 Å². The van der Waals surface area contributed by atoms with Gasteiger partial charge in [-0.2, -0.15) is 0 Å². The number of carbonyl (C=O) groups is 2. The van der Waals surface area contributed by atoms with Crippen molar-refractivity contribution in [2.45, 2.75) is 38.5 Å². The molecule has 0 aliphatic heterocycles. The predicted octanol–water partition coefficient (Wildman–Crippen LogP) is 5.03. The molecular weight excluding hydrogens is 352 g/mol. The van der Waals surface area contributed by atoms with E-state index in [9.17, 15) is 9.59 Å². The summed E-state index contributed by atoms with van der Waals surface area (Å²) >= 11 is 0. The van der Waals surface area contributed by atoms with Gasteiger partial charge in [-0.05, 0) is 61.8 Å². The molecule has 4 atom stereocenters. The summed E-state index contributed by atoms with van der Waals surface area (Å²) in [6.07, 6.45) is 5.44. The fourth-order valence-corrected chi connectivity index (χ4v) is 4.84. The molecule has 0 spiro atoms. The van der Waals surface area contributed by atoms with Crippen LogP contribution in [0.2, 0.25) is 0 Å². The van der Waals surface area contributed by atoms with Gasteiger partial charge in [-0.3, -0.25) is 9.59 Å². The molecule has 2 aliphatic carbocycles. The minimum absolute atomic E-state index is 0.0648. The quantitative estimate of drug-likeness (QED) is 0.553. The van der Waals surface area contributed by atoms with Gasteiger partial charge in [-0.1, -0.05) is 49.2 Å². The van der Waals surface area contributed by atoms with E-state index in [4.69, 9.17) is 9.47 Å². The van der Waals surface area contributed by atoms with Crippen molar-refractivity contribution in [3.63, 3.8) is 0 Å². The molecule has 2 fully saturated rings. The van der Waals surface area contributed by atoms with E-state index in [-0.39, 0.29) is 23.8 Å². The van der Waals surface area contributed by atoms with Crippen molar-refractivity contribution in [2.24, 2.45) is 23.7 Å². The molecule has 0 saturated heterocycles. The second-order valence-electron chi connectivity index (χ2n) is 7.94. The molecule has 28 heavy (non-hydrogen) atoms. The second-order valence-corrected chi connectivity index (χ2v) is 7.94. The summed E-state index contributed by atoms with van der Waals surface area (Å²) < 4.78 is 11.2. The Balaban J connectivity index is 1.37. The van der Waals surface area contributed by atoms with Gasteiger partial charge in [-0.15, -0.1) is 0 Å². The third-order valence-electron chi connectivity index (χ3n) is 6.21. The first-order chi connectivity index (χ1) is 13.7. The zero-order valence-electron chi connectivity index (χ0n) is 16.0. The Morgan fingerprint density at radius 3 is 1.96 bits per heavy atom. The predicted molar refractivity (Wildman–Crippen MR) is 106 cm³/mol. The minimum atomic E-state index is -0.140. The fourth-order valence-electron chi connectivity index (χ4n) is 4.84. The maximum absolute atomic E-state index is 12.8. The number of para-hydroxylation sites is 2. The van der Waals surface area contributed by atoms with Gasteiger partial charge in [0.15, 0.2) is 0 Å². The van der Waals surface area contributed by atoms with Crippen LogP contribution in [-0.2, 0) is 9.59 Å². The fraction of sp³-hybridized carbons (Fsp3) is 0.417. The molecule has 4 rings (SSSR count). The highest BCUT2D eigenvalue weighted by Gasteiger charge is 2.43. The van der Waals surface area contributed by atoms with Crippen LogP contribution in [0.5, 0.6) is 11.5 Å². The lowest BCUT2D eigenvalue weighted by Gasteiger charge is -2.42. The second kappa shape index (κ2) is 8.59. The van der Waals surface area contributed by atoms with Crippen molar-refractivity contribution in [1.82, 2.24) is 0 Å². The van der Waals surface area contributed by atoms with E-state index in [1.165, 1.54) is 0 Å². The zero-order valence-corrected chi connectivity index (χ0v) is 16.0. The first-order valence-corrected chi connectivity index (χ1v) is 10.2. The van der Waals surface area contributed by atoms with Gasteiger partial charge in [0, 0.05) is 0 Å². The highest BCUT2D eigenvalue weighted by atomic mass is 16.5. The summed E-state index contributed by atoms with van der Waals surface area (Å²) in [5.41, 5.74) is 0. The molecule has 2 saturated carbocycles. The van der Waals surface area contributed by atoms with E-state index in [1.54, 1.807) is 12.1 Å². The number of hydrogen-bond acceptors (Lipinski definition) is 4. The summed E-state index contributed by atoms with van der Waals surface area (Å²) in [4.78, 5) is 25.3. The molecule has 4 heteroatoms. The van der Waals surface area contributed by atoms with E-state index >= 15 is 0 Å². The third kappa shape index (κ3) is 4.27. The molecule has 0 heterocycles. The first kappa shape index (κ1) is 18.7. The number of benzene rings is 2. The maximum Gasteiger partial charge on any atom is 0.314 e. The van der Waals surface area contributed by atoms with Crippen molar-refractivity contribution in [3.05, 3.63) is 60.7 Å². The summed E-state index contributed by atoms with van der Waals surface area (Å²) in [5, 5.41) is 0. The van der Waals surface area contributed by atoms with Gasteiger partial charge >= 0.3 is 11.9 Å². The van der Waals surface area contributed by atoms with Crippen LogP contribution in [0.25, 0.3) is 0 Å². The van der Waals surface area contributed by atoms with Gasteiger partial charge < -0.3 is 9.47 Å². The van der Waals surface area contributed by atoms with Gasteiger partial charge in [0.2, 0.25) is 0 Å². The smallest absolute Gasteiger partial charge is 0.314 e. The van der Waals surface area contributed by atoms with Gasteiger partial charge in [0.25, 0.3) is 0 Å². The number of fused-ring (bicyclic) bond motifs is 1. The highest BCUT2D eigenvalue weighted by Crippen LogP contribution is 2.46. The summed E-state index contributed by atoms with van der Waals surface area (Å²) in [5.74, 6) is 1.51. The molecule has 0 amide bonds. The standard InChI is InChI=1S/C24H26O4/c25-23(27-19-9-3-1-4-10-19)18-14-15-21-17(16-18)8-7-13-22(21)24(26)28-20-11-5-2-6-12-20/h1-6,9-12,17-18,21-22H,7-8,13-16H2. The van der Waals surface area contributed by atoms with Gasteiger partial charge in [-0.25, -0.2) is 0 Å². The Bertz CT molecular complexity index is 802. The molecule has 2 aromatic rings. The lowest BCUT2D eigenvalue weighted by molar-refractivity contribution is -0.146. The highest BCUT2D eigenvalue weighted by molar-refractivity contribution is 5.77. The van der Waals surface area contributed by atoms with Crippen LogP contribution in [-0.4, -0.2) is 11.9 Å². The molecule has 146 valence electrons. The van der Waals surface area contributed by atoms with Crippen LogP contribution in [0, 0.1) is 23.7 Å². The lowest BCUT2D eigenvalue weighted by atomic mass is 9.63. The maximum atomic E-state index is 12.8. The SMILES string of the molecule is O=C(Oc1ccccc1)C1CCC2C(CCCC2C(=O)Oc2ccccc2)C1. The molecule has 0 N–H and O–H groups in total. The molecule has 4 unspecified atom stereocenters. The van der Waals surface area contributed by atoms with Gasteiger partial charge in [0.05, 0.1) is 11.8 Å². The monoisotopic (exact) mass is 378 g/mol. The summed E-state index contributed by atoms with van der Waals surface area (Å²) in [6.45, 7) is 0. The molecule has 0 bridgehead atoms. The third-order valence-corrected chi connectivity index (χ3v) is 6.21. The van der Waals surface area contributed by atoms with Crippen molar-refractivity contribution in [1.29, 1.82) is 0 Å². The largest absolute Gasteiger partial charge is 0.426 e. The van der Waals surface area contributed by atoms with Crippen molar-refractivity contribution in [2.75, 3.05) is 0 Å². The van der Waals surface area contributed by atoms with Crippen molar-refractivity contribution < 1.29 is 19.1 Å². The lowest BCUT2D eigenvalue weighted by Crippen LogP contribution is -2.41. The Labute approximate surface area is 165 Å². The molecule has 0 radical (unpaired) electrons. The average molecular weight is 378 g/mol. The molecule has 2 aromatic carbocycles. The number of hydrogen-bond donors (Lipinski definition) is 0. The zero-order chi connectivity index (χ0) is 19.3. The van der Waals surface area contributed by atoms with Crippen LogP contribution in [0.4, 0.5) is 0 Å².